The van der Waals surface area contributed by atoms with Crippen molar-refractivity contribution >= 4 is 43.5 Å². The second kappa shape index (κ2) is 16.1. The van der Waals surface area contributed by atoms with Crippen molar-refractivity contribution in [2.24, 2.45) is 0 Å². The Balaban J connectivity index is 1.83. The number of nitrogens with one attached hydrogen (secondary N) is 1. The van der Waals surface area contributed by atoms with E-state index in [1.54, 1.807) is 36.4 Å². The van der Waals surface area contributed by atoms with Gasteiger partial charge < -0.3 is 10.2 Å². The summed E-state index contributed by atoms with van der Waals surface area (Å²) in [7, 11) is -4.16. The van der Waals surface area contributed by atoms with Crippen molar-refractivity contribution < 1.29 is 18.0 Å². The fourth-order valence-electron chi connectivity index (χ4n) is 5.19. The van der Waals surface area contributed by atoms with Crippen LogP contribution in [0.4, 0.5) is 5.69 Å². The molecule has 0 bridgehead atoms. The van der Waals surface area contributed by atoms with Gasteiger partial charge in [-0.3, -0.25) is 13.9 Å². The van der Waals surface area contributed by atoms with E-state index in [1.807, 2.05) is 94.4 Å². The van der Waals surface area contributed by atoms with E-state index in [-0.39, 0.29) is 29.8 Å². The van der Waals surface area contributed by atoms with Crippen LogP contribution in [-0.4, -0.2) is 43.8 Å². The van der Waals surface area contributed by atoms with E-state index in [0.29, 0.717) is 12.1 Å². The van der Waals surface area contributed by atoms with Crippen molar-refractivity contribution in [1.29, 1.82) is 0 Å². The third-order valence-electron chi connectivity index (χ3n) is 8.07. The summed E-state index contributed by atoms with van der Waals surface area (Å²) in [6, 6.07) is 30.0. The molecule has 1 N–H and O–H groups in total. The maximum Gasteiger partial charge on any atom is 0.264 e. The van der Waals surface area contributed by atoms with Gasteiger partial charge in [0, 0.05) is 23.5 Å². The average molecular weight is 705 g/mol. The summed E-state index contributed by atoms with van der Waals surface area (Å²) in [5, 5.41) is 3.07. The molecule has 4 aromatic rings. The van der Waals surface area contributed by atoms with E-state index in [9.17, 15) is 18.0 Å². The third-order valence-corrected chi connectivity index (χ3v) is 10.4. The molecule has 0 fully saturated rings. The van der Waals surface area contributed by atoms with Crippen LogP contribution in [0.3, 0.4) is 0 Å². The van der Waals surface area contributed by atoms with E-state index < -0.39 is 28.5 Å². The number of anilines is 1. The number of nitrogens with zero attached hydrogens (tertiary/aromatic N) is 2. The van der Waals surface area contributed by atoms with Crippen molar-refractivity contribution in [1.82, 2.24) is 10.2 Å². The van der Waals surface area contributed by atoms with Crippen molar-refractivity contribution in [3.8, 4) is 0 Å². The largest absolute Gasteiger partial charge is 0.352 e. The lowest BCUT2D eigenvalue weighted by Gasteiger charge is -2.34. The fraction of sp³-hybridized carbons (Fsp3) is 0.297. The van der Waals surface area contributed by atoms with Crippen LogP contribution in [0.2, 0.25) is 0 Å². The quantitative estimate of drug-likeness (QED) is 0.152. The van der Waals surface area contributed by atoms with Crippen LogP contribution in [0.1, 0.15) is 49.4 Å². The van der Waals surface area contributed by atoms with E-state index in [1.165, 1.54) is 9.21 Å². The van der Waals surface area contributed by atoms with Crippen LogP contribution in [0, 0.1) is 6.92 Å². The Morgan fingerprint density at radius 2 is 1.46 bits per heavy atom. The number of aryl methyl sites for hydroxylation is 2. The van der Waals surface area contributed by atoms with Crippen LogP contribution < -0.4 is 9.62 Å². The number of sulfonamides is 1. The van der Waals surface area contributed by atoms with Gasteiger partial charge in [0.1, 0.15) is 12.6 Å². The predicted molar refractivity (Wildman–Crippen MR) is 188 cm³/mol. The van der Waals surface area contributed by atoms with Gasteiger partial charge in [0.25, 0.3) is 10.0 Å². The van der Waals surface area contributed by atoms with Gasteiger partial charge in [0.2, 0.25) is 11.8 Å². The van der Waals surface area contributed by atoms with Gasteiger partial charge in [-0.15, -0.1) is 0 Å². The average Bonchev–Trinajstić information content (AvgIpc) is 3.06. The minimum Gasteiger partial charge on any atom is -0.352 e. The zero-order chi connectivity index (χ0) is 33.3. The Labute approximate surface area is 281 Å². The molecule has 0 heterocycles. The molecule has 46 heavy (non-hydrogen) atoms. The van der Waals surface area contributed by atoms with Gasteiger partial charge in [-0.25, -0.2) is 8.42 Å². The van der Waals surface area contributed by atoms with Crippen molar-refractivity contribution in [2.45, 2.75) is 70.5 Å². The molecule has 0 aromatic heterocycles. The maximum atomic E-state index is 14.7. The molecule has 0 aliphatic heterocycles. The second-order valence-electron chi connectivity index (χ2n) is 11.5. The second-order valence-corrected chi connectivity index (χ2v) is 14.3. The summed E-state index contributed by atoms with van der Waals surface area (Å²) in [6.07, 6.45) is 1.56. The zero-order valence-corrected chi connectivity index (χ0v) is 29.2. The smallest absolute Gasteiger partial charge is 0.264 e. The molecular formula is C37H42BrN3O4S. The van der Waals surface area contributed by atoms with E-state index >= 15 is 0 Å². The summed E-state index contributed by atoms with van der Waals surface area (Å²) < 4.78 is 30.7. The molecule has 0 radical (unpaired) electrons. The summed E-state index contributed by atoms with van der Waals surface area (Å²) in [6.45, 7) is 7.39. The van der Waals surface area contributed by atoms with Crippen LogP contribution in [-0.2, 0) is 39.0 Å². The van der Waals surface area contributed by atoms with E-state index in [0.717, 1.165) is 33.1 Å². The molecule has 0 unspecified atom stereocenters. The minimum absolute atomic E-state index is 0.0895. The van der Waals surface area contributed by atoms with E-state index in [4.69, 9.17) is 0 Å². The normalized spacial score (nSPS) is 12.6. The topological polar surface area (TPSA) is 86.8 Å². The Morgan fingerprint density at radius 3 is 2.09 bits per heavy atom. The van der Waals surface area contributed by atoms with Crippen molar-refractivity contribution in [2.75, 3.05) is 10.8 Å². The van der Waals surface area contributed by atoms with Gasteiger partial charge in [-0.05, 0) is 73.7 Å². The first kappa shape index (κ1) is 34.9. The lowest BCUT2D eigenvalue weighted by molar-refractivity contribution is -0.140. The first-order valence-electron chi connectivity index (χ1n) is 15.6. The standard InChI is InChI=1S/C37H42BrN3O4S/c1-5-28(4)39-37(43)35(24-29-12-8-7-9-13-29)40(25-30-18-20-32(38)21-19-30)36(42)26-41(34-15-11-10-14-31(34)6-2)46(44,45)33-22-16-27(3)17-23-33/h7-23,28,35H,5-6,24-26H2,1-4H3,(H,39,43)/t28-,35-/m0/s1. The number of hydrogen-bond donors (Lipinski definition) is 1. The van der Waals surface area contributed by atoms with Crippen LogP contribution >= 0.6 is 15.9 Å². The van der Waals surface area contributed by atoms with Crippen molar-refractivity contribution in [3.05, 3.63) is 130 Å². The molecule has 0 saturated heterocycles. The highest BCUT2D eigenvalue weighted by Crippen LogP contribution is 2.29. The monoisotopic (exact) mass is 703 g/mol. The molecule has 0 saturated carbocycles. The number of rotatable bonds is 14. The van der Waals surface area contributed by atoms with Crippen LogP contribution in [0.15, 0.2) is 112 Å². The molecule has 7 nitrogen and oxygen atoms in total. The summed E-state index contributed by atoms with van der Waals surface area (Å²) in [5.41, 5.74) is 3.85. The van der Waals surface area contributed by atoms with Crippen molar-refractivity contribution in [3.63, 3.8) is 0 Å². The number of carbonyl (C=O) groups is 2. The lowest BCUT2D eigenvalue weighted by Crippen LogP contribution is -2.54. The van der Waals surface area contributed by atoms with E-state index in [2.05, 4.69) is 21.2 Å². The Kier molecular flexibility index (Phi) is 12.2. The molecule has 2 amide bonds. The Morgan fingerprint density at radius 1 is 0.826 bits per heavy atom. The first-order chi connectivity index (χ1) is 22.0. The number of para-hydroxylation sites is 1. The zero-order valence-electron chi connectivity index (χ0n) is 26.8. The lowest BCUT2D eigenvalue weighted by atomic mass is 10.0. The van der Waals surface area contributed by atoms with Gasteiger partial charge in [0.05, 0.1) is 10.6 Å². The highest BCUT2D eigenvalue weighted by atomic mass is 79.9. The number of amides is 2. The van der Waals surface area contributed by atoms with Crippen LogP contribution in [0.5, 0.6) is 0 Å². The fourth-order valence-corrected chi connectivity index (χ4v) is 6.90. The molecule has 4 rings (SSSR count). The number of hydrogen-bond acceptors (Lipinski definition) is 4. The molecule has 2 atom stereocenters. The molecular weight excluding hydrogens is 662 g/mol. The molecule has 0 spiro atoms. The molecule has 4 aromatic carbocycles. The summed E-state index contributed by atoms with van der Waals surface area (Å²) in [5.74, 6) is -0.768. The van der Waals surface area contributed by atoms with Gasteiger partial charge in [0.15, 0.2) is 0 Å². The number of carbonyl (C=O) groups excluding carboxylic acids is 2. The summed E-state index contributed by atoms with van der Waals surface area (Å²) in [4.78, 5) is 30.2. The molecule has 0 aliphatic rings. The summed E-state index contributed by atoms with van der Waals surface area (Å²) >= 11 is 3.47. The number of halogens is 1. The molecule has 0 aliphatic carbocycles. The van der Waals surface area contributed by atoms with Crippen LogP contribution in [0.25, 0.3) is 0 Å². The third kappa shape index (κ3) is 8.85. The maximum absolute atomic E-state index is 14.7. The van der Waals surface area contributed by atoms with Gasteiger partial charge >= 0.3 is 0 Å². The molecule has 9 heteroatoms. The molecule has 242 valence electrons. The number of benzene rings is 4. The Bertz CT molecular complexity index is 1710. The minimum atomic E-state index is -4.16. The predicted octanol–water partition coefficient (Wildman–Crippen LogP) is 7.07. The SMILES string of the molecule is CCc1ccccc1N(CC(=O)N(Cc1ccc(Br)cc1)[C@@H](Cc1ccccc1)C(=O)N[C@@H](C)CC)S(=O)(=O)c1ccc(C)cc1. The highest BCUT2D eigenvalue weighted by molar-refractivity contribution is 9.10. The highest BCUT2D eigenvalue weighted by Gasteiger charge is 2.35. The van der Waals surface area contributed by atoms with Gasteiger partial charge in [-0.2, -0.15) is 0 Å². The Hall–Kier alpha value is -3.95. The first-order valence-corrected chi connectivity index (χ1v) is 17.8. The van der Waals surface area contributed by atoms with Gasteiger partial charge in [-0.1, -0.05) is 108 Å².